The summed E-state index contributed by atoms with van der Waals surface area (Å²) in [6.07, 6.45) is 5.33. The van der Waals surface area contributed by atoms with E-state index in [-0.39, 0.29) is 24.6 Å². The molecule has 0 unspecified atom stereocenters. The Morgan fingerprint density at radius 2 is 2.00 bits per heavy atom. The number of benzene rings is 1. The van der Waals surface area contributed by atoms with Gasteiger partial charge in [0.2, 0.25) is 5.91 Å². The van der Waals surface area contributed by atoms with Crippen LogP contribution in [0.5, 0.6) is 5.75 Å². The molecular formula is C27H25ClN6O3S. The molecule has 5 rings (SSSR count). The summed E-state index contributed by atoms with van der Waals surface area (Å²) in [4.78, 5) is 23.5. The van der Waals surface area contributed by atoms with E-state index < -0.39 is 0 Å². The van der Waals surface area contributed by atoms with Gasteiger partial charge in [0.05, 0.1) is 29.6 Å². The van der Waals surface area contributed by atoms with Gasteiger partial charge in [0.25, 0.3) is 0 Å². The Morgan fingerprint density at radius 3 is 2.71 bits per heavy atom. The molecule has 2 atom stereocenters. The van der Waals surface area contributed by atoms with Crippen molar-refractivity contribution < 1.29 is 14.3 Å². The first kappa shape index (κ1) is 25.7. The molecule has 1 amide bonds. The highest BCUT2D eigenvalue weighted by atomic mass is 35.5. The molecule has 4 heterocycles. The summed E-state index contributed by atoms with van der Waals surface area (Å²) in [7, 11) is 3.02. The standard InChI is InChI=1S/C27H25ClN6O3S/c1-36-16-24(35)31-20-14-18(9-10-22(20)37-2)34-26(25(32-27(34)38)19-6-3-4-12-29-19)21-7-5-13-33(21)23-11-8-17(28)15-30-23/h3-15,25-26H,16H2,1-2H3,(H,31,35)(H,32,38)/t25-,26+/m1/s1. The predicted molar refractivity (Wildman–Crippen MR) is 150 cm³/mol. The zero-order valence-corrected chi connectivity index (χ0v) is 22.2. The number of carbonyl (C=O) groups excluding carboxylic acids is 1. The van der Waals surface area contributed by atoms with Crippen molar-refractivity contribution in [3.63, 3.8) is 0 Å². The number of hydrogen-bond donors (Lipinski definition) is 2. The summed E-state index contributed by atoms with van der Waals surface area (Å²) in [5, 5.41) is 7.38. The molecule has 9 nitrogen and oxygen atoms in total. The number of pyridine rings is 2. The molecule has 0 bridgehead atoms. The van der Waals surface area contributed by atoms with Crippen LogP contribution in [0, 0.1) is 0 Å². The highest BCUT2D eigenvalue weighted by Crippen LogP contribution is 2.43. The summed E-state index contributed by atoms with van der Waals surface area (Å²) in [6.45, 7) is -0.0803. The number of amides is 1. The fourth-order valence-corrected chi connectivity index (χ4v) is 5.01. The van der Waals surface area contributed by atoms with Crippen molar-refractivity contribution in [3.05, 3.63) is 95.7 Å². The quantitative estimate of drug-likeness (QED) is 0.306. The summed E-state index contributed by atoms with van der Waals surface area (Å²) in [6, 6.07) is 18.4. The van der Waals surface area contributed by atoms with E-state index in [0.29, 0.717) is 27.4 Å². The highest BCUT2D eigenvalue weighted by molar-refractivity contribution is 7.80. The van der Waals surface area contributed by atoms with Gasteiger partial charge in [0.15, 0.2) is 5.11 Å². The lowest BCUT2D eigenvalue weighted by Gasteiger charge is -2.29. The third kappa shape index (κ3) is 5.06. The molecule has 0 aliphatic carbocycles. The molecule has 1 saturated heterocycles. The van der Waals surface area contributed by atoms with Gasteiger partial charge in [-0.15, -0.1) is 0 Å². The van der Waals surface area contributed by atoms with Crippen LogP contribution in [0.4, 0.5) is 11.4 Å². The lowest BCUT2D eigenvalue weighted by atomic mass is 10.0. The fourth-order valence-electron chi connectivity index (χ4n) is 4.55. The molecule has 0 spiro atoms. The second-order valence-corrected chi connectivity index (χ2v) is 9.32. The number of nitrogens with one attached hydrogen (secondary N) is 2. The van der Waals surface area contributed by atoms with Crippen molar-refractivity contribution in [3.8, 4) is 11.6 Å². The Hall–Kier alpha value is -3.99. The minimum Gasteiger partial charge on any atom is -0.495 e. The van der Waals surface area contributed by atoms with Gasteiger partial charge in [-0.2, -0.15) is 0 Å². The zero-order valence-electron chi connectivity index (χ0n) is 20.7. The van der Waals surface area contributed by atoms with E-state index >= 15 is 0 Å². The molecule has 0 radical (unpaired) electrons. The topological polar surface area (TPSA) is 93.5 Å². The third-order valence-corrected chi connectivity index (χ3v) is 6.69. The summed E-state index contributed by atoms with van der Waals surface area (Å²) in [5.74, 6) is 0.938. The average Bonchev–Trinajstić information content (AvgIpc) is 3.54. The lowest BCUT2D eigenvalue weighted by molar-refractivity contribution is -0.119. The first-order chi connectivity index (χ1) is 18.5. The monoisotopic (exact) mass is 548 g/mol. The van der Waals surface area contributed by atoms with Crippen LogP contribution in [0.1, 0.15) is 23.5 Å². The van der Waals surface area contributed by atoms with Gasteiger partial charge >= 0.3 is 0 Å². The van der Waals surface area contributed by atoms with Crippen molar-refractivity contribution >= 4 is 46.2 Å². The molecule has 1 aliphatic heterocycles. The molecule has 2 N–H and O–H groups in total. The number of halogens is 1. The number of hydrogen-bond acceptors (Lipinski definition) is 6. The maximum Gasteiger partial charge on any atom is 0.250 e. The first-order valence-corrected chi connectivity index (χ1v) is 12.6. The maximum atomic E-state index is 12.3. The second kappa shape index (κ2) is 11.2. The molecule has 1 fully saturated rings. The normalized spacial score (nSPS) is 16.8. The van der Waals surface area contributed by atoms with Gasteiger partial charge < -0.3 is 29.6 Å². The van der Waals surface area contributed by atoms with Crippen LogP contribution in [0.2, 0.25) is 5.02 Å². The molecule has 0 saturated carbocycles. The molecule has 11 heteroatoms. The largest absolute Gasteiger partial charge is 0.495 e. The molecular weight excluding hydrogens is 524 g/mol. The van der Waals surface area contributed by atoms with Crippen molar-refractivity contribution in [2.75, 3.05) is 31.0 Å². The number of nitrogens with zero attached hydrogens (tertiary/aromatic N) is 4. The number of aromatic nitrogens is 3. The lowest BCUT2D eigenvalue weighted by Crippen LogP contribution is -2.30. The third-order valence-electron chi connectivity index (χ3n) is 6.15. The van der Waals surface area contributed by atoms with E-state index in [1.54, 1.807) is 31.6 Å². The Bertz CT molecular complexity index is 1450. The minimum atomic E-state index is -0.305. The Labute approximate surface area is 230 Å². The number of rotatable bonds is 8. The van der Waals surface area contributed by atoms with Gasteiger partial charge in [-0.1, -0.05) is 17.7 Å². The smallest absolute Gasteiger partial charge is 0.250 e. The molecule has 194 valence electrons. The second-order valence-electron chi connectivity index (χ2n) is 8.50. The van der Waals surface area contributed by atoms with E-state index in [4.69, 9.17) is 33.3 Å². The van der Waals surface area contributed by atoms with E-state index in [1.807, 2.05) is 64.2 Å². The average molecular weight is 549 g/mol. The van der Waals surface area contributed by atoms with Gasteiger partial charge in [-0.05, 0) is 66.8 Å². The molecule has 3 aromatic heterocycles. The first-order valence-electron chi connectivity index (χ1n) is 11.8. The van der Waals surface area contributed by atoms with Crippen molar-refractivity contribution in [2.24, 2.45) is 0 Å². The maximum absolute atomic E-state index is 12.3. The van der Waals surface area contributed by atoms with Crippen molar-refractivity contribution in [1.29, 1.82) is 0 Å². The van der Waals surface area contributed by atoms with Crippen LogP contribution in [-0.4, -0.2) is 46.4 Å². The SMILES string of the molecule is COCC(=O)Nc1cc(N2C(=S)N[C@H](c3ccccn3)[C@@H]2c2cccn2-c2ccc(Cl)cn2)ccc1OC. The van der Waals surface area contributed by atoms with Crippen LogP contribution in [-0.2, 0) is 9.53 Å². The Kier molecular flexibility index (Phi) is 7.54. The number of anilines is 2. The van der Waals surface area contributed by atoms with E-state index in [9.17, 15) is 4.79 Å². The number of carbonyl (C=O) groups is 1. The van der Waals surface area contributed by atoms with E-state index in [0.717, 1.165) is 17.1 Å². The number of thiocarbonyl (C=S) groups is 1. The van der Waals surface area contributed by atoms with Gasteiger partial charge in [-0.3, -0.25) is 9.78 Å². The zero-order chi connectivity index (χ0) is 26.6. The fraction of sp³-hybridized carbons (Fsp3) is 0.185. The van der Waals surface area contributed by atoms with Gasteiger partial charge in [0.1, 0.15) is 24.2 Å². The van der Waals surface area contributed by atoms with Crippen molar-refractivity contribution in [1.82, 2.24) is 19.9 Å². The van der Waals surface area contributed by atoms with Crippen LogP contribution in [0.25, 0.3) is 5.82 Å². The van der Waals surface area contributed by atoms with Crippen molar-refractivity contribution in [2.45, 2.75) is 12.1 Å². The molecule has 4 aromatic rings. The highest BCUT2D eigenvalue weighted by Gasteiger charge is 2.42. The van der Waals surface area contributed by atoms with Crippen LogP contribution >= 0.6 is 23.8 Å². The molecule has 38 heavy (non-hydrogen) atoms. The Morgan fingerprint density at radius 1 is 1.13 bits per heavy atom. The van der Waals surface area contributed by atoms with Gasteiger partial charge in [-0.25, -0.2) is 4.98 Å². The summed E-state index contributed by atoms with van der Waals surface area (Å²) < 4.78 is 12.5. The summed E-state index contributed by atoms with van der Waals surface area (Å²) >= 11 is 12.0. The minimum absolute atomic E-state index is 0.0803. The number of methoxy groups -OCH3 is 2. The van der Waals surface area contributed by atoms with Crippen LogP contribution in [0.15, 0.2) is 79.3 Å². The summed E-state index contributed by atoms with van der Waals surface area (Å²) in [5.41, 5.74) is 3.03. The van der Waals surface area contributed by atoms with E-state index in [1.165, 1.54) is 7.11 Å². The van der Waals surface area contributed by atoms with Gasteiger partial charge in [0, 0.05) is 37.1 Å². The Balaban J connectivity index is 1.62. The molecule has 1 aromatic carbocycles. The number of ether oxygens (including phenoxy) is 2. The predicted octanol–water partition coefficient (Wildman–Crippen LogP) is 4.69. The van der Waals surface area contributed by atoms with E-state index in [2.05, 4.69) is 20.6 Å². The van der Waals surface area contributed by atoms with Crippen LogP contribution in [0.3, 0.4) is 0 Å². The molecule has 1 aliphatic rings. The van der Waals surface area contributed by atoms with Crippen LogP contribution < -0.4 is 20.3 Å².